The summed E-state index contributed by atoms with van der Waals surface area (Å²) < 4.78 is 34.5. The van der Waals surface area contributed by atoms with Crippen molar-refractivity contribution in [1.29, 1.82) is 0 Å². The number of aryl methyl sites for hydroxylation is 1. The maximum atomic E-state index is 12.4. The van der Waals surface area contributed by atoms with Gasteiger partial charge < -0.3 is 19.5 Å². The molecule has 1 aliphatic rings. The van der Waals surface area contributed by atoms with Crippen LogP contribution in [-0.4, -0.2) is 67.6 Å². The number of aromatic nitrogens is 4. The van der Waals surface area contributed by atoms with E-state index < -0.39 is 10.0 Å². The molecular weight excluding hydrogens is 382 g/mol. The fraction of sp³-hybridized carbons (Fsp3) is 0.588. The quantitative estimate of drug-likeness (QED) is 0.608. The van der Waals surface area contributed by atoms with Crippen LogP contribution in [0.1, 0.15) is 25.6 Å². The highest BCUT2D eigenvalue weighted by Gasteiger charge is 2.20. The van der Waals surface area contributed by atoms with E-state index in [2.05, 4.69) is 30.1 Å². The van der Waals surface area contributed by atoms with Gasteiger partial charge in [-0.1, -0.05) is 13.8 Å². The summed E-state index contributed by atoms with van der Waals surface area (Å²) in [5.74, 6) is 1.48. The molecule has 0 bridgehead atoms. The summed E-state index contributed by atoms with van der Waals surface area (Å²) in [5.41, 5.74) is 0.969. The van der Waals surface area contributed by atoms with Crippen molar-refractivity contribution < 1.29 is 13.2 Å². The lowest BCUT2D eigenvalue weighted by atomic mass is 10.2. The molecule has 0 aromatic carbocycles. The number of sulfonamides is 1. The van der Waals surface area contributed by atoms with Gasteiger partial charge in [0.2, 0.25) is 0 Å². The third kappa shape index (κ3) is 4.97. The smallest absolute Gasteiger partial charge is 0.259 e. The van der Waals surface area contributed by atoms with E-state index in [9.17, 15) is 8.42 Å². The third-order valence-corrected chi connectivity index (χ3v) is 5.75. The molecule has 0 radical (unpaired) electrons. The third-order valence-electron chi connectivity index (χ3n) is 4.42. The highest BCUT2D eigenvalue weighted by molar-refractivity contribution is 7.89. The Morgan fingerprint density at radius 2 is 2.00 bits per heavy atom. The van der Waals surface area contributed by atoms with E-state index in [1.54, 1.807) is 17.8 Å². The molecule has 0 saturated carbocycles. The number of hydrogen-bond donors (Lipinski definition) is 2. The Morgan fingerprint density at radius 1 is 1.25 bits per heavy atom. The van der Waals surface area contributed by atoms with Gasteiger partial charge in [0, 0.05) is 51.4 Å². The lowest BCUT2D eigenvalue weighted by Gasteiger charge is -2.28. The zero-order chi connectivity index (χ0) is 20.1. The molecule has 28 heavy (non-hydrogen) atoms. The van der Waals surface area contributed by atoms with Crippen molar-refractivity contribution in [3.05, 3.63) is 24.3 Å². The van der Waals surface area contributed by atoms with Gasteiger partial charge in [0.05, 0.1) is 25.1 Å². The van der Waals surface area contributed by atoms with Crippen molar-refractivity contribution in [2.24, 2.45) is 7.05 Å². The largest absolute Gasteiger partial charge is 0.378 e. The molecule has 1 aliphatic heterocycles. The lowest BCUT2D eigenvalue weighted by molar-refractivity contribution is 0.122. The monoisotopic (exact) mass is 409 g/mol. The van der Waals surface area contributed by atoms with Gasteiger partial charge in [-0.25, -0.2) is 18.1 Å². The van der Waals surface area contributed by atoms with Crippen LogP contribution in [0.15, 0.2) is 23.5 Å². The second kappa shape index (κ2) is 8.84. The Balaban J connectivity index is 1.53. The standard InChI is InChI=1S/C17H27N7O3S/c1-13(2)17-21-16(12-23(17)3)28(25,26)20-5-4-18-15-10-14(11-19-22-15)24-6-8-27-9-7-24/h10-13,20H,4-9H2,1-3H3,(H,18,22). The molecule has 0 amide bonds. The summed E-state index contributed by atoms with van der Waals surface area (Å²) in [6.07, 6.45) is 3.25. The van der Waals surface area contributed by atoms with Gasteiger partial charge in [0.1, 0.15) is 5.82 Å². The molecule has 0 atom stereocenters. The van der Waals surface area contributed by atoms with Gasteiger partial charge in [0.25, 0.3) is 10.0 Å². The molecule has 10 nitrogen and oxygen atoms in total. The summed E-state index contributed by atoms with van der Waals surface area (Å²) in [6, 6.07) is 1.90. The van der Waals surface area contributed by atoms with Crippen LogP contribution < -0.4 is 14.9 Å². The Bertz CT molecular complexity index is 892. The van der Waals surface area contributed by atoms with Crippen molar-refractivity contribution in [3.8, 4) is 0 Å². The van der Waals surface area contributed by atoms with E-state index in [0.717, 1.165) is 24.6 Å². The summed E-state index contributed by atoms with van der Waals surface area (Å²) >= 11 is 0. The van der Waals surface area contributed by atoms with E-state index in [1.165, 1.54) is 6.20 Å². The highest BCUT2D eigenvalue weighted by Crippen LogP contribution is 2.17. The maximum Gasteiger partial charge on any atom is 0.259 e. The minimum absolute atomic E-state index is 0.0350. The molecule has 2 aromatic heterocycles. The Hall–Kier alpha value is -2.24. The predicted octanol–water partition coefficient (Wildman–Crippen LogP) is 0.561. The van der Waals surface area contributed by atoms with Crippen molar-refractivity contribution >= 4 is 21.5 Å². The molecule has 0 spiro atoms. The minimum atomic E-state index is -3.66. The van der Waals surface area contributed by atoms with Crippen molar-refractivity contribution in [2.45, 2.75) is 24.8 Å². The van der Waals surface area contributed by atoms with Crippen LogP contribution in [-0.2, 0) is 21.8 Å². The molecule has 11 heteroatoms. The highest BCUT2D eigenvalue weighted by atomic mass is 32.2. The predicted molar refractivity (Wildman–Crippen MR) is 106 cm³/mol. The lowest BCUT2D eigenvalue weighted by Crippen LogP contribution is -2.36. The zero-order valence-corrected chi connectivity index (χ0v) is 17.2. The number of rotatable bonds is 8. The first-order valence-electron chi connectivity index (χ1n) is 9.29. The molecule has 3 rings (SSSR count). The van der Waals surface area contributed by atoms with E-state index in [4.69, 9.17) is 4.74 Å². The zero-order valence-electron chi connectivity index (χ0n) is 16.4. The summed E-state index contributed by atoms with van der Waals surface area (Å²) in [6.45, 7) is 7.55. The SMILES string of the molecule is CC(C)c1nc(S(=O)(=O)NCCNc2cc(N3CCOCC3)cnn2)cn1C. The Kier molecular flexibility index (Phi) is 6.47. The van der Waals surface area contributed by atoms with E-state index in [1.807, 2.05) is 19.9 Å². The fourth-order valence-electron chi connectivity index (χ4n) is 3.01. The molecule has 1 saturated heterocycles. The maximum absolute atomic E-state index is 12.4. The Labute approximate surface area is 165 Å². The molecule has 1 fully saturated rings. The van der Waals surface area contributed by atoms with Crippen LogP contribution in [0.4, 0.5) is 11.5 Å². The van der Waals surface area contributed by atoms with Crippen LogP contribution in [0.3, 0.4) is 0 Å². The summed E-state index contributed by atoms with van der Waals surface area (Å²) in [4.78, 5) is 6.42. The average Bonchev–Trinajstić information content (AvgIpc) is 3.09. The first-order valence-corrected chi connectivity index (χ1v) is 10.8. The van der Waals surface area contributed by atoms with Crippen LogP contribution in [0, 0.1) is 0 Å². The number of hydrogen-bond acceptors (Lipinski definition) is 8. The van der Waals surface area contributed by atoms with Crippen molar-refractivity contribution in [2.75, 3.05) is 49.6 Å². The van der Waals surface area contributed by atoms with Gasteiger partial charge in [-0.05, 0) is 0 Å². The Morgan fingerprint density at radius 3 is 2.68 bits per heavy atom. The van der Waals surface area contributed by atoms with Gasteiger partial charge in [-0.3, -0.25) is 0 Å². The van der Waals surface area contributed by atoms with Gasteiger partial charge >= 0.3 is 0 Å². The first kappa shape index (κ1) is 20.5. The number of nitrogens with one attached hydrogen (secondary N) is 2. The fourth-order valence-corrected chi connectivity index (χ4v) is 4.03. The van der Waals surface area contributed by atoms with Crippen LogP contribution in [0.2, 0.25) is 0 Å². The summed E-state index contributed by atoms with van der Waals surface area (Å²) in [7, 11) is -1.86. The van der Waals surface area contributed by atoms with E-state index in [0.29, 0.717) is 25.6 Å². The second-order valence-electron chi connectivity index (χ2n) is 6.93. The summed E-state index contributed by atoms with van der Waals surface area (Å²) in [5, 5.41) is 11.2. The second-order valence-corrected chi connectivity index (χ2v) is 8.64. The molecule has 0 aliphatic carbocycles. The molecule has 3 heterocycles. The number of imidazole rings is 1. The van der Waals surface area contributed by atoms with Crippen LogP contribution >= 0.6 is 0 Å². The van der Waals surface area contributed by atoms with E-state index >= 15 is 0 Å². The van der Waals surface area contributed by atoms with E-state index in [-0.39, 0.29) is 17.5 Å². The van der Waals surface area contributed by atoms with Gasteiger partial charge in [-0.15, -0.1) is 5.10 Å². The van der Waals surface area contributed by atoms with Gasteiger partial charge in [-0.2, -0.15) is 5.10 Å². The number of morpholine rings is 1. The number of anilines is 2. The minimum Gasteiger partial charge on any atom is -0.378 e. The topological polar surface area (TPSA) is 114 Å². The van der Waals surface area contributed by atoms with Crippen molar-refractivity contribution in [1.82, 2.24) is 24.5 Å². The molecular formula is C17H27N7O3S. The average molecular weight is 410 g/mol. The molecule has 154 valence electrons. The molecule has 2 N–H and O–H groups in total. The van der Waals surface area contributed by atoms with Crippen LogP contribution in [0.25, 0.3) is 0 Å². The van der Waals surface area contributed by atoms with Crippen molar-refractivity contribution in [3.63, 3.8) is 0 Å². The first-order chi connectivity index (χ1) is 13.4. The van der Waals surface area contributed by atoms with Gasteiger partial charge in [0.15, 0.2) is 10.8 Å². The normalized spacial score (nSPS) is 15.2. The molecule has 0 unspecified atom stereocenters. The number of nitrogens with zero attached hydrogens (tertiary/aromatic N) is 5. The van der Waals surface area contributed by atoms with Crippen LogP contribution in [0.5, 0.6) is 0 Å². The number of ether oxygens (including phenoxy) is 1. The molecule has 2 aromatic rings.